The molecule has 0 saturated carbocycles. The van der Waals surface area contributed by atoms with Crippen LogP contribution in [0.3, 0.4) is 0 Å². The van der Waals surface area contributed by atoms with Gasteiger partial charge in [0.15, 0.2) is 5.69 Å². The highest BCUT2D eigenvalue weighted by molar-refractivity contribution is 6.01. The monoisotopic (exact) mass is 371 g/mol. The van der Waals surface area contributed by atoms with Crippen LogP contribution in [0.4, 0.5) is 5.69 Å². The molecule has 138 valence electrons. The average molecular weight is 371 g/mol. The van der Waals surface area contributed by atoms with E-state index in [9.17, 15) is 9.59 Å². The minimum Gasteiger partial charge on any atom is -0.319 e. The summed E-state index contributed by atoms with van der Waals surface area (Å²) in [5.74, 6) is -0.460. The van der Waals surface area contributed by atoms with Crippen molar-refractivity contribution in [2.75, 3.05) is 5.32 Å². The molecular formula is C22H19N4O2+. The molecule has 0 fully saturated rings. The quantitative estimate of drug-likeness (QED) is 0.530. The molecule has 0 aliphatic carbocycles. The third kappa shape index (κ3) is 3.61. The lowest BCUT2D eigenvalue weighted by Gasteiger charge is -2.03. The Balaban J connectivity index is 1.77. The summed E-state index contributed by atoms with van der Waals surface area (Å²) >= 11 is 0. The fraction of sp³-hybridized carbons (Fsp3) is 0.0455. The zero-order chi connectivity index (χ0) is 19.3. The van der Waals surface area contributed by atoms with Crippen molar-refractivity contribution in [3.05, 3.63) is 113 Å². The molecule has 3 aromatic carbocycles. The summed E-state index contributed by atoms with van der Waals surface area (Å²) in [7, 11) is 0. The standard InChI is InChI=1S/C22H18N4O2/c27-21(23-18-12-6-2-7-13-18)20-22(28)26(19-14-8-3-9-15-19)24-25(20)16-17-10-4-1-5-11-17/h1-15H,16H2,(H-,23,24,27,28)/p+1. The summed E-state index contributed by atoms with van der Waals surface area (Å²) in [5.41, 5.74) is 1.90. The second-order valence-electron chi connectivity index (χ2n) is 6.32. The maximum atomic E-state index is 13.1. The number of H-pyrrole nitrogens is 1. The molecule has 0 saturated heterocycles. The Morgan fingerprint density at radius 2 is 1.43 bits per heavy atom. The number of nitrogens with one attached hydrogen (secondary N) is 2. The number of benzene rings is 3. The van der Waals surface area contributed by atoms with Gasteiger partial charge in [0.05, 0.1) is 0 Å². The number of carbonyl (C=O) groups is 1. The largest absolute Gasteiger partial charge is 0.411 e. The van der Waals surface area contributed by atoms with Crippen molar-refractivity contribution in [3.63, 3.8) is 0 Å². The summed E-state index contributed by atoms with van der Waals surface area (Å²) in [6.07, 6.45) is 0. The summed E-state index contributed by atoms with van der Waals surface area (Å²) in [6.45, 7) is 0.369. The van der Waals surface area contributed by atoms with Gasteiger partial charge in [-0.2, -0.15) is 0 Å². The van der Waals surface area contributed by atoms with E-state index in [-0.39, 0.29) is 5.69 Å². The molecule has 0 aliphatic heterocycles. The first-order valence-electron chi connectivity index (χ1n) is 8.93. The molecule has 28 heavy (non-hydrogen) atoms. The highest BCUT2D eigenvalue weighted by Crippen LogP contribution is 2.07. The van der Waals surface area contributed by atoms with Crippen molar-refractivity contribution < 1.29 is 9.48 Å². The SMILES string of the molecule is O=C(Nc1ccccc1)c1c(=O)n(-c2ccccc2)[nH][n+]1Cc1ccccc1. The smallest absolute Gasteiger partial charge is 0.319 e. The van der Waals surface area contributed by atoms with E-state index >= 15 is 0 Å². The van der Waals surface area contributed by atoms with Crippen LogP contribution in [0.25, 0.3) is 5.69 Å². The van der Waals surface area contributed by atoms with Crippen LogP contribution < -0.4 is 15.6 Å². The van der Waals surface area contributed by atoms with Crippen molar-refractivity contribution in [1.29, 1.82) is 0 Å². The fourth-order valence-electron chi connectivity index (χ4n) is 3.00. The van der Waals surface area contributed by atoms with Crippen LogP contribution in [0.15, 0.2) is 95.8 Å². The van der Waals surface area contributed by atoms with Crippen molar-refractivity contribution in [1.82, 2.24) is 9.90 Å². The molecule has 0 bridgehead atoms. The predicted octanol–water partition coefficient (Wildman–Crippen LogP) is 2.75. The topological polar surface area (TPSA) is 70.8 Å². The van der Waals surface area contributed by atoms with E-state index < -0.39 is 11.5 Å². The van der Waals surface area contributed by atoms with Gasteiger partial charge in [-0.25, -0.2) is 4.79 Å². The van der Waals surface area contributed by atoms with Gasteiger partial charge in [-0.3, -0.25) is 4.79 Å². The molecule has 0 radical (unpaired) electrons. The number of rotatable bonds is 5. The molecule has 6 nitrogen and oxygen atoms in total. The second kappa shape index (κ2) is 7.75. The molecule has 0 unspecified atom stereocenters. The van der Waals surface area contributed by atoms with Gasteiger partial charge in [-0.1, -0.05) is 76.6 Å². The van der Waals surface area contributed by atoms with E-state index in [4.69, 9.17) is 0 Å². The first-order chi connectivity index (χ1) is 13.7. The lowest BCUT2D eigenvalue weighted by Crippen LogP contribution is -2.45. The minimum absolute atomic E-state index is 0.0385. The molecule has 1 aromatic heterocycles. The number of hydrogen-bond acceptors (Lipinski definition) is 2. The molecule has 2 N–H and O–H groups in total. The van der Waals surface area contributed by atoms with E-state index in [2.05, 4.69) is 10.5 Å². The van der Waals surface area contributed by atoms with Gasteiger partial charge in [0.2, 0.25) is 0 Å². The first kappa shape index (κ1) is 17.5. The Morgan fingerprint density at radius 1 is 0.857 bits per heavy atom. The molecule has 4 rings (SSSR count). The molecule has 6 heteroatoms. The predicted molar refractivity (Wildman–Crippen MR) is 107 cm³/mol. The van der Waals surface area contributed by atoms with Crippen LogP contribution in [-0.2, 0) is 6.54 Å². The van der Waals surface area contributed by atoms with E-state index in [1.54, 1.807) is 16.8 Å². The third-order valence-electron chi connectivity index (χ3n) is 4.34. The maximum Gasteiger partial charge on any atom is 0.411 e. The van der Waals surface area contributed by atoms with Crippen LogP contribution in [0, 0.1) is 0 Å². The molecule has 0 spiro atoms. The summed E-state index contributed by atoms with van der Waals surface area (Å²) in [6, 6.07) is 27.9. The number of carbonyl (C=O) groups excluding carboxylic acids is 1. The van der Waals surface area contributed by atoms with Crippen LogP contribution in [0.2, 0.25) is 0 Å². The Hall–Kier alpha value is -3.93. The lowest BCUT2D eigenvalue weighted by atomic mass is 10.2. The Bertz CT molecular complexity index is 1130. The highest BCUT2D eigenvalue weighted by atomic mass is 16.2. The maximum absolute atomic E-state index is 13.1. The van der Waals surface area contributed by atoms with Crippen molar-refractivity contribution >= 4 is 11.6 Å². The van der Waals surface area contributed by atoms with Gasteiger partial charge in [-0.05, 0) is 29.8 Å². The van der Waals surface area contributed by atoms with Crippen molar-refractivity contribution in [3.8, 4) is 5.69 Å². The third-order valence-corrected chi connectivity index (χ3v) is 4.34. The van der Waals surface area contributed by atoms with Crippen LogP contribution in [0.1, 0.15) is 16.1 Å². The number of anilines is 1. The molecule has 0 atom stereocenters. The fourth-order valence-corrected chi connectivity index (χ4v) is 3.00. The van der Waals surface area contributed by atoms with Crippen LogP contribution >= 0.6 is 0 Å². The number of hydrogen-bond donors (Lipinski definition) is 2. The number of amides is 1. The molecular weight excluding hydrogens is 352 g/mol. The van der Waals surface area contributed by atoms with E-state index in [0.717, 1.165) is 5.56 Å². The minimum atomic E-state index is -0.460. The summed E-state index contributed by atoms with van der Waals surface area (Å²) in [4.78, 5) is 26.0. The number of aromatic nitrogens is 3. The van der Waals surface area contributed by atoms with Gasteiger partial charge >= 0.3 is 17.2 Å². The van der Waals surface area contributed by atoms with Gasteiger partial charge in [-0.15, -0.1) is 4.68 Å². The van der Waals surface area contributed by atoms with Gasteiger partial charge in [0.1, 0.15) is 6.54 Å². The van der Waals surface area contributed by atoms with E-state index in [1.165, 1.54) is 4.68 Å². The van der Waals surface area contributed by atoms with E-state index in [0.29, 0.717) is 17.9 Å². The van der Waals surface area contributed by atoms with Crippen molar-refractivity contribution in [2.45, 2.75) is 6.54 Å². The zero-order valence-corrected chi connectivity index (χ0v) is 15.1. The number of para-hydroxylation sites is 2. The Labute approximate surface area is 161 Å². The normalized spacial score (nSPS) is 10.6. The van der Waals surface area contributed by atoms with Crippen LogP contribution in [-0.4, -0.2) is 15.8 Å². The average Bonchev–Trinajstić information content (AvgIpc) is 3.06. The van der Waals surface area contributed by atoms with Crippen LogP contribution in [0.5, 0.6) is 0 Å². The number of aromatic amines is 1. The highest BCUT2D eigenvalue weighted by Gasteiger charge is 2.29. The van der Waals surface area contributed by atoms with Gasteiger partial charge in [0, 0.05) is 5.69 Å². The lowest BCUT2D eigenvalue weighted by molar-refractivity contribution is -0.748. The molecule has 1 amide bonds. The first-order valence-corrected chi connectivity index (χ1v) is 8.93. The molecule has 1 heterocycles. The van der Waals surface area contributed by atoms with Gasteiger partial charge < -0.3 is 5.32 Å². The van der Waals surface area contributed by atoms with Crippen molar-refractivity contribution in [2.24, 2.45) is 0 Å². The molecule has 4 aromatic rings. The Morgan fingerprint density at radius 3 is 2.07 bits per heavy atom. The summed E-state index contributed by atoms with van der Waals surface area (Å²) in [5, 5.41) is 5.84. The zero-order valence-electron chi connectivity index (χ0n) is 15.1. The Kier molecular flexibility index (Phi) is 4.84. The number of nitrogens with zero attached hydrogens (tertiary/aromatic N) is 2. The summed E-state index contributed by atoms with van der Waals surface area (Å²) < 4.78 is 2.95. The van der Waals surface area contributed by atoms with Gasteiger partial charge in [0.25, 0.3) is 0 Å². The second-order valence-corrected chi connectivity index (χ2v) is 6.32. The molecule has 0 aliphatic rings. The van der Waals surface area contributed by atoms with E-state index in [1.807, 2.05) is 78.9 Å².